The monoisotopic (exact) mass is 322 g/mol. The van der Waals surface area contributed by atoms with Gasteiger partial charge in [-0.3, -0.25) is 4.79 Å². The highest BCUT2D eigenvalue weighted by Gasteiger charge is 2.54. The van der Waals surface area contributed by atoms with Crippen LogP contribution in [0.15, 0.2) is 52.7 Å². The lowest BCUT2D eigenvalue weighted by Crippen LogP contribution is -2.38. The van der Waals surface area contributed by atoms with E-state index in [1.165, 1.54) is 0 Å². The summed E-state index contributed by atoms with van der Waals surface area (Å²) in [5.74, 6) is 1.31. The van der Waals surface area contributed by atoms with Gasteiger partial charge in [-0.1, -0.05) is 30.3 Å². The van der Waals surface area contributed by atoms with E-state index >= 15 is 0 Å². The largest absolute Gasteiger partial charge is 0.493 e. The normalized spacial score (nSPS) is 24.4. The van der Waals surface area contributed by atoms with Crippen molar-refractivity contribution in [3.63, 3.8) is 0 Å². The average Bonchev–Trinajstić information content (AvgIpc) is 3.17. The fraction of sp³-hybridized carbons (Fsp3) is 0.316. The summed E-state index contributed by atoms with van der Waals surface area (Å²) in [4.78, 5) is 13.1. The molecule has 0 saturated carbocycles. The second kappa shape index (κ2) is 5.44. The second-order valence-corrected chi connectivity index (χ2v) is 6.18. The Morgan fingerprint density at radius 1 is 1.08 bits per heavy atom. The maximum absolute atomic E-state index is 13.1. The minimum absolute atomic E-state index is 0.0686. The molecular formula is C19H18N2O3. The van der Waals surface area contributed by atoms with Crippen molar-refractivity contribution in [3.05, 3.63) is 59.2 Å². The summed E-state index contributed by atoms with van der Waals surface area (Å²) >= 11 is 0. The van der Waals surface area contributed by atoms with Crippen LogP contribution in [0.3, 0.4) is 0 Å². The number of ether oxygens (including phenoxy) is 2. The van der Waals surface area contributed by atoms with Gasteiger partial charge in [0.2, 0.25) is 0 Å². The minimum atomic E-state index is -0.816. The molecule has 1 spiro atoms. The molecule has 0 saturated heterocycles. The number of methoxy groups -OCH3 is 2. The highest BCUT2D eigenvalue weighted by atomic mass is 16.5. The van der Waals surface area contributed by atoms with Crippen LogP contribution in [0.5, 0.6) is 11.5 Å². The Hall–Kier alpha value is -2.69. The molecule has 0 N–H and O–H groups in total. The van der Waals surface area contributed by atoms with Gasteiger partial charge in [0, 0.05) is 17.9 Å². The Morgan fingerprint density at radius 3 is 2.62 bits per heavy atom. The molecule has 1 aliphatic carbocycles. The number of nitrogens with zero attached hydrogens (tertiary/aromatic N) is 2. The first-order valence-electron chi connectivity index (χ1n) is 7.93. The summed E-state index contributed by atoms with van der Waals surface area (Å²) in [6.07, 6.45) is 0.602. The van der Waals surface area contributed by atoms with Crippen molar-refractivity contribution in [2.45, 2.75) is 17.9 Å². The van der Waals surface area contributed by atoms with Gasteiger partial charge < -0.3 is 9.47 Å². The van der Waals surface area contributed by atoms with Crippen LogP contribution in [0, 0.1) is 0 Å². The number of benzene rings is 2. The smallest absolute Gasteiger partial charge is 0.193 e. The van der Waals surface area contributed by atoms with Gasteiger partial charge in [0.25, 0.3) is 0 Å². The zero-order valence-electron chi connectivity index (χ0n) is 13.7. The fourth-order valence-corrected chi connectivity index (χ4v) is 3.78. The molecule has 2 atom stereocenters. The first-order valence-corrected chi connectivity index (χ1v) is 7.93. The molecular weight excluding hydrogens is 304 g/mol. The Morgan fingerprint density at radius 2 is 1.88 bits per heavy atom. The Balaban J connectivity index is 1.77. The topological polar surface area (TPSA) is 60.2 Å². The number of Topliss-reactive ketones (excluding diaryl/α,β-unsaturated/α-hetero) is 1. The van der Waals surface area contributed by atoms with Crippen molar-refractivity contribution in [2.75, 3.05) is 20.8 Å². The van der Waals surface area contributed by atoms with E-state index < -0.39 is 5.54 Å². The molecule has 5 heteroatoms. The Labute approximate surface area is 140 Å². The van der Waals surface area contributed by atoms with Crippen molar-refractivity contribution in [2.24, 2.45) is 10.2 Å². The van der Waals surface area contributed by atoms with Crippen LogP contribution in [0.2, 0.25) is 0 Å². The van der Waals surface area contributed by atoms with Gasteiger partial charge in [-0.05, 0) is 23.3 Å². The summed E-state index contributed by atoms with van der Waals surface area (Å²) in [7, 11) is 3.22. The number of fused-ring (bicyclic) bond motifs is 1. The average molecular weight is 322 g/mol. The molecule has 0 aromatic heterocycles. The van der Waals surface area contributed by atoms with E-state index in [1.807, 2.05) is 42.5 Å². The maximum Gasteiger partial charge on any atom is 0.193 e. The highest BCUT2D eigenvalue weighted by Crippen LogP contribution is 2.47. The highest BCUT2D eigenvalue weighted by molar-refractivity contribution is 6.08. The van der Waals surface area contributed by atoms with Crippen LogP contribution in [0.1, 0.15) is 27.4 Å². The number of hydrogen-bond acceptors (Lipinski definition) is 5. The molecule has 1 aliphatic heterocycles. The number of ketones is 1. The van der Waals surface area contributed by atoms with Crippen molar-refractivity contribution >= 4 is 5.78 Å². The van der Waals surface area contributed by atoms with E-state index in [-0.39, 0.29) is 11.7 Å². The summed E-state index contributed by atoms with van der Waals surface area (Å²) in [6.45, 7) is 0.509. The molecule has 122 valence electrons. The fourth-order valence-electron chi connectivity index (χ4n) is 3.78. The van der Waals surface area contributed by atoms with Crippen LogP contribution in [-0.4, -0.2) is 32.1 Å². The van der Waals surface area contributed by atoms with Crippen molar-refractivity contribution < 1.29 is 14.3 Å². The van der Waals surface area contributed by atoms with E-state index in [1.54, 1.807) is 14.2 Å². The zero-order valence-corrected chi connectivity index (χ0v) is 13.7. The molecule has 5 nitrogen and oxygen atoms in total. The molecule has 2 aliphatic rings. The standard InChI is InChI=1S/C19H18N2O3/c1-23-16-8-7-12(9-17(16)24-2)15-11-20-21-19(15)10-13-5-3-4-6-14(13)18(19)22/h3-9,15H,10-11H2,1-2H3/t15-,19+/m1/s1. The van der Waals surface area contributed by atoms with Crippen molar-refractivity contribution in [3.8, 4) is 11.5 Å². The van der Waals surface area contributed by atoms with Crippen LogP contribution in [0.25, 0.3) is 0 Å². The van der Waals surface area contributed by atoms with Crippen LogP contribution in [-0.2, 0) is 6.42 Å². The molecule has 1 heterocycles. The van der Waals surface area contributed by atoms with Gasteiger partial charge in [-0.15, -0.1) is 0 Å². The quantitative estimate of drug-likeness (QED) is 0.870. The molecule has 24 heavy (non-hydrogen) atoms. The SMILES string of the molecule is COc1ccc([C@H]2CN=N[C@@]23Cc2ccccc2C3=O)cc1OC. The summed E-state index contributed by atoms with van der Waals surface area (Å²) in [5, 5.41) is 8.66. The number of azo groups is 1. The number of carbonyl (C=O) groups is 1. The van der Waals surface area contributed by atoms with Gasteiger partial charge in [-0.2, -0.15) is 10.2 Å². The first kappa shape index (κ1) is 14.9. The second-order valence-electron chi connectivity index (χ2n) is 6.18. The molecule has 0 amide bonds. The van der Waals surface area contributed by atoms with Gasteiger partial charge in [-0.25, -0.2) is 0 Å². The molecule has 2 aromatic carbocycles. The van der Waals surface area contributed by atoms with Gasteiger partial charge in [0.15, 0.2) is 22.8 Å². The third-order valence-electron chi connectivity index (χ3n) is 5.01. The molecule has 0 unspecified atom stereocenters. The zero-order chi connectivity index (χ0) is 16.7. The van der Waals surface area contributed by atoms with E-state index in [0.29, 0.717) is 24.5 Å². The van der Waals surface area contributed by atoms with E-state index in [0.717, 1.165) is 16.7 Å². The minimum Gasteiger partial charge on any atom is -0.493 e. The van der Waals surface area contributed by atoms with Crippen molar-refractivity contribution in [1.82, 2.24) is 0 Å². The molecule has 0 fully saturated rings. The molecule has 2 aromatic rings. The summed E-state index contributed by atoms with van der Waals surface area (Å²) < 4.78 is 10.7. The van der Waals surface area contributed by atoms with Crippen LogP contribution >= 0.6 is 0 Å². The first-order chi connectivity index (χ1) is 11.7. The van der Waals surface area contributed by atoms with E-state index in [9.17, 15) is 4.79 Å². The van der Waals surface area contributed by atoms with E-state index in [2.05, 4.69) is 10.2 Å². The lowest BCUT2D eigenvalue weighted by atomic mass is 9.78. The predicted octanol–water partition coefficient (Wildman–Crippen LogP) is 3.43. The lowest BCUT2D eigenvalue weighted by molar-refractivity contribution is 0.0897. The van der Waals surface area contributed by atoms with Gasteiger partial charge in [0.1, 0.15) is 0 Å². The van der Waals surface area contributed by atoms with Crippen LogP contribution < -0.4 is 9.47 Å². The molecule has 4 rings (SSSR count). The molecule has 0 bridgehead atoms. The van der Waals surface area contributed by atoms with Gasteiger partial charge in [0.05, 0.1) is 20.8 Å². The predicted molar refractivity (Wildman–Crippen MR) is 89.2 cm³/mol. The Kier molecular flexibility index (Phi) is 3.37. The number of carbonyl (C=O) groups excluding carboxylic acids is 1. The third-order valence-corrected chi connectivity index (χ3v) is 5.01. The maximum atomic E-state index is 13.1. The van der Waals surface area contributed by atoms with E-state index in [4.69, 9.17) is 9.47 Å². The van der Waals surface area contributed by atoms with Crippen LogP contribution in [0.4, 0.5) is 0 Å². The van der Waals surface area contributed by atoms with Gasteiger partial charge >= 0.3 is 0 Å². The summed E-state index contributed by atoms with van der Waals surface area (Å²) in [5.41, 5.74) is 2.00. The number of hydrogen-bond donors (Lipinski definition) is 0. The molecule has 0 radical (unpaired) electrons. The van der Waals surface area contributed by atoms with Crippen molar-refractivity contribution in [1.29, 1.82) is 0 Å². The third kappa shape index (κ3) is 1.97. The lowest BCUT2D eigenvalue weighted by Gasteiger charge is -2.26. The summed E-state index contributed by atoms with van der Waals surface area (Å²) in [6, 6.07) is 13.5. The Bertz CT molecular complexity index is 846. The number of rotatable bonds is 3.